The molecule has 30 heavy (non-hydrogen) atoms. The zero-order valence-electron chi connectivity index (χ0n) is 18.3. The van der Waals surface area contributed by atoms with Crippen molar-refractivity contribution in [3.63, 3.8) is 0 Å². The number of amides is 3. The number of carbonyl (C=O) groups is 4. The summed E-state index contributed by atoms with van der Waals surface area (Å²) in [5.41, 5.74) is 5.91. The molecule has 1 heterocycles. The van der Waals surface area contributed by atoms with E-state index in [2.05, 4.69) is 10.6 Å². The minimum atomic E-state index is -1.29. The van der Waals surface area contributed by atoms with Gasteiger partial charge in [-0.05, 0) is 31.1 Å². The molecule has 10 nitrogen and oxygen atoms in total. The Labute approximate surface area is 177 Å². The van der Waals surface area contributed by atoms with Crippen molar-refractivity contribution in [1.82, 2.24) is 15.5 Å². The van der Waals surface area contributed by atoms with Gasteiger partial charge in [-0.1, -0.05) is 34.1 Å². The molecule has 0 bridgehead atoms. The minimum Gasteiger partial charge on any atom is -0.480 e. The number of aliphatic carboxylic acids is 1. The Hall–Kier alpha value is -2.20. The van der Waals surface area contributed by atoms with Gasteiger partial charge in [0.05, 0.1) is 12.6 Å². The average molecular weight is 429 g/mol. The lowest BCUT2D eigenvalue weighted by molar-refractivity contribution is -0.150. The second-order valence-corrected chi connectivity index (χ2v) is 8.38. The minimum absolute atomic E-state index is 0.209. The topological polar surface area (TPSA) is 162 Å². The van der Waals surface area contributed by atoms with Crippen LogP contribution in [0.1, 0.15) is 53.4 Å². The Kier molecular flexibility index (Phi) is 10.2. The fraction of sp³-hybridized carbons (Fsp3) is 0.800. The third-order valence-electron chi connectivity index (χ3n) is 5.47. The zero-order valence-corrected chi connectivity index (χ0v) is 18.3. The third-order valence-corrected chi connectivity index (χ3v) is 5.47. The molecule has 1 fully saturated rings. The maximum Gasteiger partial charge on any atom is 0.326 e. The second kappa shape index (κ2) is 11.8. The molecule has 1 aliphatic rings. The first kappa shape index (κ1) is 25.8. The van der Waals surface area contributed by atoms with Gasteiger partial charge in [-0.2, -0.15) is 0 Å². The van der Waals surface area contributed by atoms with E-state index in [0.29, 0.717) is 25.7 Å². The Morgan fingerprint density at radius 2 is 1.77 bits per heavy atom. The van der Waals surface area contributed by atoms with E-state index in [9.17, 15) is 29.4 Å². The van der Waals surface area contributed by atoms with Crippen LogP contribution in [0.5, 0.6) is 0 Å². The van der Waals surface area contributed by atoms with E-state index in [1.165, 1.54) is 4.90 Å². The number of carboxylic acids is 1. The van der Waals surface area contributed by atoms with Crippen molar-refractivity contribution in [3.05, 3.63) is 0 Å². The number of rotatable bonds is 11. The molecule has 5 atom stereocenters. The fourth-order valence-electron chi connectivity index (χ4n) is 3.51. The van der Waals surface area contributed by atoms with Gasteiger partial charge in [-0.15, -0.1) is 0 Å². The molecule has 1 rings (SSSR count). The van der Waals surface area contributed by atoms with Crippen molar-refractivity contribution >= 4 is 23.7 Å². The quantitative estimate of drug-likeness (QED) is 0.295. The summed E-state index contributed by atoms with van der Waals surface area (Å²) in [6, 6.07) is -3.95. The van der Waals surface area contributed by atoms with E-state index in [0.717, 1.165) is 0 Å². The summed E-state index contributed by atoms with van der Waals surface area (Å²) in [5, 5.41) is 24.1. The first-order valence-electron chi connectivity index (χ1n) is 10.5. The third kappa shape index (κ3) is 6.94. The summed E-state index contributed by atoms with van der Waals surface area (Å²) in [7, 11) is 0. The van der Waals surface area contributed by atoms with Gasteiger partial charge in [0.2, 0.25) is 17.7 Å². The van der Waals surface area contributed by atoms with Gasteiger partial charge in [0, 0.05) is 6.54 Å². The van der Waals surface area contributed by atoms with Crippen LogP contribution in [0.3, 0.4) is 0 Å². The molecule has 0 aliphatic carbocycles. The Morgan fingerprint density at radius 1 is 1.13 bits per heavy atom. The highest BCUT2D eigenvalue weighted by Gasteiger charge is 2.38. The molecular formula is C20H36N4O6. The van der Waals surface area contributed by atoms with Gasteiger partial charge in [-0.3, -0.25) is 14.4 Å². The van der Waals surface area contributed by atoms with Crippen LogP contribution < -0.4 is 16.4 Å². The highest BCUT2D eigenvalue weighted by atomic mass is 16.4. The van der Waals surface area contributed by atoms with E-state index < -0.39 is 54.5 Å². The molecule has 172 valence electrons. The van der Waals surface area contributed by atoms with Gasteiger partial charge in [0.15, 0.2) is 0 Å². The van der Waals surface area contributed by atoms with Crippen molar-refractivity contribution in [1.29, 1.82) is 0 Å². The number of aliphatic hydroxyl groups excluding tert-OH is 1. The van der Waals surface area contributed by atoms with Crippen LogP contribution in [0.2, 0.25) is 0 Å². The van der Waals surface area contributed by atoms with E-state index >= 15 is 0 Å². The smallest absolute Gasteiger partial charge is 0.326 e. The summed E-state index contributed by atoms with van der Waals surface area (Å²) in [6.45, 7) is 7.09. The molecule has 5 unspecified atom stereocenters. The van der Waals surface area contributed by atoms with Crippen molar-refractivity contribution in [2.24, 2.45) is 17.6 Å². The molecule has 0 aromatic rings. The number of nitrogens with zero attached hydrogens (tertiary/aromatic N) is 1. The molecule has 3 amide bonds. The van der Waals surface area contributed by atoms with Crippen LogP contribution in [0.4, 0.5) is 0 Å². The Balaban J connectivity index is 2.89. The first-order chi connectivity index (χ1) is 14.0. The highest BCUT2D eigenvalue weighted by molar-refractivity contribution is 5.94. The molecule has 0 aromatic carbocycles. The van der Waals surface area contributed by atoms with E-state index in [4.69, 9.17) is 5.73 Å². The number of carbonyl (C=O) groups excluding carboxylic acids is 3. The summed E-state index contributed by atoms with van der Waals surface area (Å²) >= 11 is 0. The van der Waals surface area contributed by atoms with Gasteiger partial charge < -0.3 is 31.5 Å². The molecule has 0 saturated carbocycles. The number of hydrogen-bond donors (Lipinski definition) is 5. The van der Waals surface area contributed by atoms with Crippen LogP contribution in [-0.4, -0.2) is 76.1 Å². The molecule has 6 N–H and O–H groups in total. The van der Waals surface area contributed by atoms with Crippen molar-refractivity contribution in [3.8, 4) is 0 Å². The van der Waals surface area contributed by atoms with Gasteiger partial charge in [0.25, 0.3) is 0 Å². The summed E-state index contributed by atoms with van der Waals surface area (Å²) in [5.74, 6) is -2.88. The molecule has 1 saturated heterocycles. The number of nitrogens with two attached hydrogens (primary N) is 1. The molecule has 0 aromatic heterocycles. The second-order valence-electron chi connectivity index (χ2n) is 8.38. The molecule has 0 radical (unpaired) electrons. The first-order valence-corrected chi connectivity index (χ1v) is 10.5. The predicted molar refractivity (Wildman–Crippen MR) is 110 cm³/mol. The van der Waals surface area contributed by atoms with Gasteiger partial charge in [0.1, 0.15) is 18.1 Å². The monoisotopic (exact) mass is 428 g/mol. The summed E-state index contributed by atoms with van der Waals surface area (Å²) in [6.07, 6.45) is 1.91. The number of likely N-dealkylation sites (tertiary alicyclic amines) is 1. The fourth-order valence-corrected chi connectivity index (χ4v) is 3.51. The van der Waals surface area contributed by atoms with E-state index in [-0.39, 0.29) is 18.4 Å². The van der Waals surface area contributed by atoms with Crippen LogP contribution in [0.15, 0.2) is 0 Å². The summed E-state index contributed by atoms with van der Waals surface area (Å²) < 4.78 is 0. The Morgan fingerprint density at radius 3 is 2.27 bits per heavy atom. The predicted octanol–water partition coefficient (Wildman–Crippen LogP) is -0.557. The van der Waals surface area contributed by atoms with Crippen LogP contribution in [0.25, 0.3) is 0 Å². The summed E-state index contributed by atoms with van der Waals surface area (Å²) in [4.78, 5) is 50.5. The lowest BCUT2D eigenvalue weighted by Gasteiger charge is -2.29. The van der Waals surface area contributed by atoms with E-state index in [1.807, 2.05) is 20.8 Å². The van der Waals surface area contributed by atoms with Gasteiger partial charge in [-0.25, -0.2) is 4.79 Å². The highest BCUT2D eigenvalue weighted by Crippen LogP contribution is 2.19. The van der Waals surface area contributed by atoms with Crippen molar-refractivity contribution in [2.75, 3.05) is 13.2 Å². The largest absolute Gasteiger partial charge is 0.480 e. The number of hydrogen-bond acceptors (Lipinski definition) is 6. The zero-order chi connectivity index (χ0) is 23.0. The molecule has 1 aliphatic heterocycles. The van der Waals surface area contributed by atoms with Crippen molar-refractivity contribution < 1.29 is 29.4 Å². The number of aliphatic hydroxyl groups is 1. The maximum atomic E-state index is 12.9. The molecule has 10 heteroatoms. The maximum absolute atomic E-state index is 12.9. The average Bonchev–Trinajstić information content (AvgIpc) is 3.18. The lowest BCUT2D eigenvalue weighted by Crippen LogP contribution is -2.59. The van der Waals surface area contributed by atoms with Gasteiger partial charge >= 0.3 is 5.97 Å². The van der Waals surface area contributed by atoms with Crippen LogP contribution >= 0.6 is 0 Å². The SMILES string of the molecule is CCC(C)C(NC(=O)C(N)CC(C)C)C(=O)NC(CO)C(=O)N1CCCC1C(=O)O. The van der Waals surface area contributed by atoms with E-state index in [1.54, 1.807) is 6.92 Å². The number of carboxylic acid groups (broad SMARTS) is 1. The van der Waals surface area contributed by atoms with Crippen molar-refractivity contribution in [2.45, 2.75) is 77.5 Å². The van der Waals surface area contributed by atoms with Crippen LogP contribution in [-0.2, 0) is 19.2 Å². The standard InChI is InChI=1S/C20H36N4O6/c1-5-12(4)16(23-17(26)13(21)9-11(2)3)18(27)22-14(10-25)19(28)24-8-6-7-15(24)20(29)30/h11-16,25H,5-10,21H2,1-4H3,(H,22,27)(H,23,26)(H,29,30). The number of nitrogens with one attached hydrogen (secondary N) is 2. The Bertz CT molecular complexity index is 626. The normalized spacial score (nSPS) is 20.4. The van der Waals surface area contributed by atoms with Crippen LogP contribution in [0, 0.1) is 11.8 Å². The molecule has 0 spiro atoms. The molecular weight excluding hydrogens is 392 g/mol. The lowest BCUT2D eigenvalue weighted by atomic mass is 9.96.